The molecule has 1 saturated heterocycles. The Morgan fingerprint density at radius 1 is 1.35 bits per heavy atom. The van der Waals surface area contributed by atoms with Gasteiger partial charge >= 0.3 is 0 Å². The van der Waals surface area contributed by atoms with Crippen molar-refractivity contribution < 1.29 is 4.42 Å². The molecule has 1 aliphatic heterocycles. The van der Waals surface area contributed by atoms with Crippen LogP contribution in [0.4, 0.5) is 0 Å². The zero-order valence-electron chi connectivity index (χ0n) is 9.94. The van der Waals surface area contributed by atoms with Gasteiger partial charge in [-0.1, -0.05) is 24.3 Å². The van der Waals surface area contributed by atoms with Gasteiger partial charge in [-0.3, -0.25) is 0 Å². The van der Waals surface area contributed by atoms with Gasteiger partial charge in [-0.2, -0.15) is 0 Å². The second kappa shape index (κ2) is 4.34. The van der Waals surface area contributed by atoms with Crippen LogP contribution in [0.3, 0.4) is 0 Å². The minimum Gasteiger partial charge on any atom is -0.448 e. The molecule has 1 aliphatic rings. The van der Waals surface area contributed by atoms with E-state index in [1.54, 1.807) is 6.26 Å². The Labute approximate surface area is 101 Å². The molecule has 1 aromatic carbocycles. The predicted octanol–water partition coefficient (Wildman–Crippen LogP) is 2.73. The number of hydrogen-bond donors (Lipinski definition) is 1. The first kappa shape index (κ1) is 10.5. The summed E-state index contributed by atoms with van der Waals surface area (Å²) >= 11 is 0. The zero-order valence-corrected chi connectivity index (χ0v) is 9.94. The average Bonchev–Trinajstić information content (AvgIpc) is 3.00. The van der Waals surface area contributed by atoms with Crippen LogP contribution < -0.4 is 5.32 Å². The first-order valence-corrected chi connectivity index (χ1v) is 6.07. The highest BCUT2D eigenvalue weighted by atomic mass is 16.3. The number of rotatable bonds is 2. The molecule has 1 N–H and O–H groups in total. The highest BCUT2D eigenvalue weighted by molar-refractivity contribution is 5.62. The molecule has 2 aromatic rings. The smallest absolute Gasteiger partial charge is 0.199 e. The summed E-state index contributed by atoms with van der Waals surface area (Å²) in [7, 11) is 0. The third kappa shape index (κ3) is 1.98. The molecule has 1 atom stereocenters. The molecule has 0 radical (unpaired) electrons. The summed E-state index contributed by atoms with van der Waals surface area (Å²) in [5.41, 5.74) is 3.34. The van der Waals surface area contributed by atoms with E-state index >= 15 is 0 Å². The van der Waals surface area contributed by atoms with Gasteiger partial charge in [0, 0.05) is 18.0 Å². The molecule has 1 unspecified atom stereocenters. The van der Waals surface area contributed by atoms with Crippen LogP contribution in [-0.4, -0.2) is 18.1 Å². The van der Waals surface area contributed by atoms with Crippen LogP contribution in [0, 0.1) is 6.92 Å². The van der Waals surface area contributed by atoms with Gasteiger partial charge in [0.2, 0.25) is 0 Å². The maximum atomic E-state index is 5.61. The number of oxazole rings is 1. The highest BCUT2D eigenvalue weighted by Gasteiger charge is 2.21. The second-order valence-corrected chi connectivity index (χ2v) is 4.58. The van der Waals surface area contributed by atoms with Gasteiger partial charge in [0.25, 0.3) is 0 Å². The summed E-state index contributed by atoms with van der Waals surface area (Å²) in [6.45, 7) is 4.14. The van der Waals surface area contributed by atoms with Crippen LogP contribution in [0.2, 0.25) is 0 Å². The predicted molar refractivity (Wildman–Crippen MR) is 66.9 cm³/mol. The lowest BCUT2D eigenvalue weighted by Gasteiger charge is -2.01. The lowest BCUT2D eigenvalue weighted by atomic mass is 10.1. The summed E-state index contributed by atoms with van der Waals surface area (Å²) in [6.07, 6.45) is 2.89. The third-order valence-corrected chi connectivity index (χ3v) is 3.35. The van der Waals surface area contributed by atoms with E-state index in [1.165, 1.54) is 5.56 Å². The standard InChI is InChI=1S/C14H16N2O/c1-10-4-2-3-5-12(10)13-9-17-14(16-13)11-6-7-15-8-11/h2-5,9,11,15H,6-8H2,1H3. The molecule has 3 heteroatoms. The molecule has 0 bridgehead atoms. The molecule has 17 heavy (non-hydrogen) atoms. The maximum absolute atomic E-state index is 5.61. The molecule has 2 heterocycles. The Morgan fingerprint density at radius 3 is 3.00 bits per heavy atom. The first-order chi connectivity index (χ1) is 8.34. The van der Waals surface area contributed by atoms with Gasteiger partial charge in [-0.15, -0.1) is 0 Å². The third-order valence-electron chi connectivity index (χ3n) is 3.35. The molecule has 88 valence electrons. The Balaban J connectivity index is 1.92. The Kier molecular flexibility index (Phi) is 2.69. The van der Waals surface area contributed by atoms with Crippen molar-refractivity contribution in [3.8, 4) is 11.3 Å². The Bertz CT molecular complexity index is 512. The van der Waals surface area contributed by atoms with Crippen molar-refractivity contribution in [2.45, 2.75) is 19.3 Å². The van der Waals surface area contributed by atoms with E-state index in [9.17, 15) is 0 Å². The van der Waals surface area contributed by atoms with Crippen LogP contribution in [-0.2, 0) is 0 Å². The Hall–Kier alpha value is -1.61. The SMILES string of the molecule is Cc1ccccc1-c1coc(C2CCNC2)n1. The van der Waals surface area contributed by atoms with Crippen molar-refractivity contribution in [1.82, 2.24) is 10.3 Å². The van der Waals surface area contributed by atoms with Crippen LogP contribution in [0.15, 0.2) is 34.9 Å². The van der Waals surface area contributed by atoms with E-state index in [1.807, 2.05) is 12.1 Å². The van der Waals surface area contributed by atoms with Crippen molar-refractivity contribution in [3.63, 3.8) is 0 Å². The summed E-state index contributed by atoms with van der Waals surface area (Å²) < 4.78 is 5.61. The van der Waals surface area contributed by atoms with Gasteiger partial charge in [0.05, 0.1) is 0 Å². The van der Waals surface area contributed by atoms with Gasteiger partial charge < -0.3 is 9.73 Å². The van der Waals surface area contributed by atoms with Crippen molar-refractivity contribution in [2.75, 3.05) is 13.1 Å². The zero-order chi connectivity index (χ0) is 11.7. The van der Waals surface area contributed by atoms with Crippen molar-refractivity contribution in [1.29, 1.82) is 0 Å². The number of benzene rings is 1. The minimum absolute atomic E-state index is 0.438. The fourth-order valence-electron chi connectivity index (χ4n) is 2.32. The van der Waals surface area contributed by atoms with E-state index in [-0.39, 0.29) is 0 Å². The van der Waals surface area contributed by atoms with Crippen LogP contribution in [0.5, 0.6) is 0 Å². The van der Waals surface area contributed by atoms with E-state index in [2.05, 4.69) is 29.4 Å². The largest absolute Gasteiger partial charge is 0.448 e. The topological polar surface area (TPSA) is 38.1 Å². The molecule has 0 saturated carbocycles. The molecule has 3 rings (SSSR count). The Morgan fingerprint density at radius 2 is 2.24 bits per heavy atom. The molecule has 0 aliphatic carbocycles. The van der Waals surface area contributed by atoms with E-state index in [4.69, 9.17) is 4.42 Å². The van der Waals surface area contributed by atoms with Crippen LogP contribution in [0.25, 0.3) is 11.3 Å². The van der Waals surface area contributed by atoms with Crippen LogP contribution in [0.1, 0.15) is 23.8 Å². The van der Waals surface area contributed by atoms with Crippen LogP contribution >= 0.6 is 0 Å². The van der Waals surface area contributed by atoms with E-state index in [0.29, 0.717) is 5.92 Å². The summed E-state index contributed by atoms with van der Waals surface area (Å²) in [4.78, 5) is 4.62. The number of aryl methyl sites for hydroxylation is 1. The lowest BCUT2D eigenvalue weighted by molar-refractivity contribution is 0.457. The van der Waals surface area contributed by atoms with Crippen molar-refractivity contribution >= 4 is 0 Å². The second-order valence-electron chi connectivity index (χ2n) is 4.58. The normalized spacial score (nSPS) is 19.7. The monoisotopic (exact) mass is 228 g/mol. The summed E-state index contributed by atoms with van der Waals surface area (Å²) in [5, 5.41) is 3.33. The maximum Gasteiger partial charge on any atom is 0.199 e. The molecular weight excluding hydrogens is 212 g/mol. The van der Waals surface area contributed by atoms with E-state index in [0.717, 1.165) is 36.7 Å². The molecular formula is C14H16N2O. The summed E-state index contributed by atoms with van der Waals surface area (Å²) in [5.74, 6) is 1.31. The lowest BCUT2D eigenvalue weighted by Crippen LogP contribution is -2.08. The molecule has 0 amide bonds. The molecule has 0 spiro atoms. The van der Waals surface area contributed by atoms with Crippen molar-refractivity contribution in [2.24, 2.45) is 0 Å². The fourth-order valence-corrected chi connectivity index (χ4v) is 2.32. The van der Waals surface area contributed by atoms with Gasteiger partial charge in [-0.05, 0) is 25.5 Å². The molecule has 1 fully saturated rings. The number of hydrogen-bond acceptors (Lipinski definition) is 3. The molecule has 3 nitrogen and oxygen atoms in total. The molecule has 1 aromatic heterocycles. The fraction of sp³-hybridized carbons (Fsp3) is 0.357. The van der Waals surface area contributed by atoms with Gasteiger partial charge in [0.15, 0.2) is 5.89 Å². The summed E-state index contributed by atoms with van der Waals surface area (Å²) in [6, 6.07) is 8.26. The van der Waals surface area contributed by atoms with Gasteiger partial charge in [-0.25, -0.2) is 4.98 Å². The quantitative estimate of drug-likeness (QED) is 0.858. The highest BCUT2D eigenvalue weighted by Crippen LogP contribution is 2.27. The first-order valence-electron chi connectivity index (χ1n) is 6.07. The van der Waals surface area contributed by atoms with Gasteiger partial charge in [0.1, 0.15) is 12.0 Å². The number of nitrogens with zero attached hydrogens (tertiary/aromatic N) is 1. The number of nitrogens with one attached hydrogen (secondary N) is 1. The van der Waals surface area contributed by atoms with E-state index < -0.39 is 0 Å². The average molecular weight is 228 g/mol. The number of aromatic nitrogens is 1. The van der Waals surface area contributed by atoms with Crippen molar-refractivity contribution in [3.05, 3.63) is 42.0 Å². The minimum atomic E-state index is 0.438.